The smallest absolute Gasteiger partial charge is 0.227 e. The minimum Gasteiger partial charge on any atom is -0.355 e. The van der Waals surface area contributed by atoms with Crippen molar-refractivity contribution in [2.45, 2.75) is 60.5 Å². The lowest BCUT2D eigenvalue weighted by molar-refractivity contribution is 0.268. The number of nitrogens with one attached hydrogen (secondary N) is 1. The zero-order chi connectivity index (χ0) is 26.0. The maximum atomic E-state index is 14.9. The molecule has 1 N–H and O–H groups in total. The highest BCUT2D eigenvalue weighted by molar-refractivity contribution is 5.84. The van der Waals surface area contributed by atoms with Crippen molar-refractivity contribution in [3.8, 4) is 11.3 Å². The minimum atomic E-state index is -0.419. The summed E-state index contributed by atoms with van der Waals surface area (Å²) in [6, 6.07) is 10.8. The predicted octanol–water partition coefficient (Wildman–Crippen LogP) is 6.61. The van der Waals surface area contributed by atoms with Crippen molar-refractivity contribution in [1.29, 1.82) is 0 Å². The number of anilines is 4. The van der Waals surface area contributed by atoms with Crippen LogP contribution in [0, 0.1) is 12.7 Å². The minimum absolute atomic E-state index is 0. The fourth-order valence-electron chi connectivity index (χ4n) is 5.15. The van der Waals surface area contributed by atoms with Gasteiger partial charge < -0.3 is 15.1 Å². The Balaban J connectivity index is 0.00000124. The van der Waals surface area contributed by atoms with Gasteiger partial charge in [-0.05, 0) is 74.7 Å². The molecule has 0 fully saturated rings. The lowest BCUT2D eigenvalue weighted by Gasteiger charge is -2.27. The van der Waals surface area contributed by atoms with E-state index in [0.717, 1.165) is 55.2 Å². The van der Waals surface area contributed by atoms with Crippen LogP contribution in [0.5, 0.6) is 0 Å². The van der Waals surface area contributed by atoms with Crippen LogP contribution in [0.1, 0.15) is 52.7 Å². The summed E-state index contributed by atoms with van der Waals surface area (Å²) in [5, 5.41) is 3.30. The molecule has 7 heteroatoms. The zero-order valence-corrected chi connectivity index (χ0v) is 22.7. The molecule has 0 bridgehead atoms. The van der Waals surface area contributed by atoms with E-state index < -0.39 is 5.82 Å². The van der Waals surface area contributed by atoms with Gasteiger partial charge in [0.2, 0.25) is 5.95 Å². The fourth-order valence-corrected chi connectivity index (χ4v) is 5.15. The molecule has 0 amide bonds. The molecule has 0 saturated carbocycles. The molecule has 0 saturated heterocycles. The lowest BCUT2D eigenvalue weighted by Crippen LogP contribution is -2.33. The number of rotatable bonds is 5. The normalized spacial score (nSPS) is 14.9. The molecular formula is C29H41FN6. The first-order chi connectivity index (χ1) is 17.3. The third-order valence-corrected chi connectivity index (χ3v) is 6.98. The summed E-state index contributed by atoms with van der Waals surface area (Å²) in [4.78, 5) is 15.8. The second-order valence-corrected chi connectivity index (χ2v) is 9.68. The Kier molecular flexibility index (Phi) is 7.79. The van der Waals surface area contributed by atoms with E-state index in [4.69, 9.17) is 0 Å². The van der Waals surface area contributed by atoms with Gasteiger partial charge in [-0.25, -0.2) is 14.4 Å². The molecule has 6 nitrogen and oxygen atoms in total. The number of likely N-dealkylation sites (N-methyl/N-ethyl adjacent to an activating group) is 1. The van der Waals surface area contributed by atoms with Gasteiger partial charge in [0.25, 0.3) is 0 Å². The molecule has 0 radical (unpaired) electrons. The van der Waals surface area contributed by atoms with Gasteiger partial charge in [0.05, 0.1) is 24.2 Å². The van der Waals surface area contributed by atoms with Crippen molar-refractivity contribution < 1.29 is 5.82 Å². The first kappa shape index (κ1) is 25.9. The van der Waals surface area contributed by atoms with Crippen LogP contribution in [0.2, 0.25) is 0 Å². The molecule has 0 spiro atoms. The maximum Gasteiger partial charge on any atom is 0.227 e. The molecule has 2 aliphatic rings. The van der Waals surface area contributed by atoms with Crippen molar-refractivity contribution in [2.75, 3.05) is 41.9 Å². The van der Waals surface area contributed by atoms with Crippen LogP contribution in [0.4, 0.5) is 27.4 Å². The average Bonchev–Trinajstić information content (AvgIpc) is 3.23. The largest absolute Gasteiger partial charge is 0.355 e. The Morgan fingerprint density at radius 3 is 2.64 bits per heavy atom. The molecule has 0 atom stereocenters. The molecule has 0 aliphatic carbocycles. The molecule has 5 rings (SSSR count). The van der Waals surface area contributed by atoms with E-state index in [0.29, 0.717) is 17.7 Å². The highest BCUT2D eigenvalue weighted by Gasteiger charge is 2.28. The Hall–Kier alpha value is -3.19. The predicted molar refractivity (Wildman–Crippen MR) is 151 cm³/mol. The summed E-state index contributed by atoms with van der Waals surface area (Å²) in [6.07, 6.45) is 2.29. The lowest BCUT2D eigenvalue weighted by atomic mass is 9.99. The number of fused-ring (bicyclic) bond motifs is 2. The summed E-state index contributed by atoms with van der Waals surface area (Å²) in [5.41, 5.74) is 8.16. The maximum absolute atomic E-state index is 14.9. The Morgan fingerprint density at radius 2 is 1.92 bits per heavy atom. The number of aromatic nitrogens is 2. The highest BCUT2D eigenvalue weighted by atomic mass is 19.1. The van der Waals surface area contributed by atoms with Crippen molar-refractivity contribution in [3.63, 3.8) is 0 Å². The SMILES string of the molecule is CC.CCN1CCc2cc(Nc3ncc(F)c(-c4cc(C)c5c(c4)N(C(C)C)CN5C)n3)ccc2C1.[HH]. The van der Waals surface area contributed by atoms with Crippen LogP contribution < -0.4 is 15.1 Å². The van der Waals surface area contributed by atoms with Crippen molar-refractivity contribution >= 4 is 23.0 Å². The van der Waals surface area contributed by atoms with Crippen molar-refractivity contribution in [1.82, 2.24) is 14.9 Å². The average molecular weight is 493 g/mol. The second-order valence-electron chi connectivity index (χ2n) is 9.68. The topological polar surface area (TPSA) is 47.5 Å². The number of halogens is 1. The number of aryl methyl sites for hydroxylation is 1. The van der Waals surface area contributed by atoms with Gasteiger partial charge in [-0.1, -0.05) is 26.8 Å². The molecule has 3 heterocycles. The van der Waals surface area contributed by atoms with E-state index in [1.54, 1.807) is 0 Å². The number of hydrogen-bond acceptors (Lipinski definition) is 6. The van der Waals surface area contributed by atoms with Gasteiger partial charge in [0.15, 0.2) is 5.82 Å². The molecule has 194 valence electrons. The molecular weight excluding hydrogens is 451 g/mol. The Labute approximate surface area is 216 Å². The first-order valence-electron chi connectivity index (χ1n) is 13.1. The van der Waals surface area contributed by atoms with Crippen LogP contribution in [0.25, 0.3) is 11.3 Å². The van der Waals surface area contributed by atoms with Crippen LogP contribution in [0.3, 0.4) is 0 Å². The number of hydrogen-bond donors (Lipinski definition) is 1. The quantitative estimate of drug-likeness (QED) is 0.433. The third kappa shape index (κ3) is 5.03. The van der Waals surface area contributed by atoms with Gasteiger partial charge in [0, 0.05) is 38.9 Å². The van der Waals surface area contributed by atoms with Gasteiger partial charge in [-0.2, -0.15) is 0 Å². The monoisotopic (exact) mass is 492 g/mol. The standard InChI is InChI=1S/C27H33FN6.C2H6.H2/c1-6-33-10-9-19-12-22(8-7-20(19)15-33)30-27-29-14-23(28)25(31-27)21-11-18(4)26-24(13-21)34(17(2)3)16-32(26)5;1-2;/h7-8,11-14,17H,6,9-10,15-16H2,1-5H3,(H,29,30,31);1-2H3;1H. The Morgan fingerprint density at radius 1 is 1.14 bits per heavy atom. The summed E-state index contributed by atoms with van der Waals surface area (Å²) >= 11 is 0. The number of benzene rings is 2. The van der Waals surface area contributed by atoms with Gasteiger partial charge in [-0.3, -0.25) is 4.90 Å². The highest BCUT2D eigenvalue weighted by Crippen LogP contribution is 2.42. The van der Waals surface area contributed by atoms with Crippen LogP contribution in [-0.2, 0) is 13.0 Å². The van der Waals surface area contributed by atoms with E-state index in [2.05, 4.69) is 89.0 Å². The third-order valence-electron chi connectivity index (χ3n) is 6.98. The van der Waals surface area contributed by atoms with E-state index >= 15 is 0 Å². The zero-order valence-electron chi connectivity index (χ0n) is 22.7. The van der Waals surface area contributed by atoms with Gasteiger partial charge in [-0.15, -0.1) is 0 Å². The molecule has 36 heavy (non-hydrogen) atoms. The van der Waals surface area contributed by atoms with Gasteiger partial charge in [0.1, 0.15) is 5.69 Å². The van der Waals surface area contributed by atoms with Crippen molar-refractivity contribution in [2.24, 2.45) is 0 Å². The Bertz CT molecular complexity index is 1230. The summed E-state index contributed by atoms with van der Waals surface area (Å²) in [7, 11) is 2.10. The van der Waals surface area contributed by atoms with Crippen LogP contribution in [-0.4, -0.2) is 47.7 Å². The van der Waals surface area contributed by atoms with E-state index in [1.807, 2.05) is 19.9 Å². The van der Waals surface area contributed by atoms with Crippen molar-refractivity contribution in [3.05, 3.63) is 59.0 Å². The molecule has 0 unspecified atom stereocenters. The second kappa shape index (κ2) is 10.8. The van der Waals surface area contributed by atoms with Crippen LogP contribution >= 0.6 is 0 Å². The summed E-state index contributed by atoms with van der Waals surface area (Å²) in [5.74, 6) is -0.0178. The van der Waals surface area contributed by atoms with E-state index in [-0.39, 0.29) is 1.43 Å². The molecule has 2 aromatic carbocycles. The first-order valence-corrected chi connectivity index (χ1v) is 13.1. The van der Waals surface area contributed by atoms with E-state index in [1.165, 1.54) is 23.0 Å². The van der Waals surface area contributed by atoms with Gasteiger partial charge >= 0.3 is 0 Å². The summed E-state index contributed by atoms with van der Waals surface area (Å²) in [6.45, 7) is 16.6. The van der Waals surface area contributed by atoms with Crippen LogP contribution in [0.15, 0.2) is 36.5 Å². The molecule has 3 aromatic rings. The fraction of sp³-hybridized carbons (Fsp3) is 0.448. The number of nitrogens with zero attached hydrogens (tertiary/aromatic N) is 5. The van der Waals surface area contributed by atoms with E-state index in [9.17, 15) is 4.39 Å². The molecule has 1 aromatic heterocycles. The molecule has 2 aliphatic heterocycles. The summed E-state index contributed by atoms with van der Waals surface area (Å²) < 4.78 is 14.9.